The van der Waals surface area contributed by atoms with Crippen LogP contribution in [0.3, 0.4) is 0 Å². The van der Waals surface area contributed by atoms with Gasteiger partial charge in [0, 0.05) is 10.6 Å². The minimum atomic E-state index is 0.867. The highest BCUT2D eigenvalue weighted by molar-refractivity contribution is 7.99. The first kappa shape index (κ1) is 11.8. The summed E-state index contributed by atoms with van der Waals surface area (Å²) in [5.74, 6) is 2.05. The molecule has 1 unspecified atom stereocenters. The van der Waals surface area contributed by atoms with Gasteiger partial charge in [0.25, 0.3) is 0 Å². The van der Waals surface area contributed by atoms with E-state index in [9.17, 15) is 0 Å². The molecule has 1 aliphatic heterocycles. The molecule has 0 saturated carbocycles. The fourth-order valence-corrected chi connectivity index (χ4v) is 3.20. The Kier molecular flexibility index (Phi) is 4.55. The predicted octanol–water partition coefficient (Wildman–Crippen LogP) is 2.75. The molecule has 88 valence electrons. The lowest BCUT2D eigenvalue weighted by atomic mass is 9.97. The topological polar surface area (TPSA) is 38.0 Å². The number of thioether (sulfide) groups is 1. The summed E-state index contributed by atoms with van der Waals surface area (Å²) in [7, 11) is 0. The first-order valence-corrected chi connectivity index (χ1v) is 7.03. The predicted molar refractivity (Wildman–Crippen MR) is 71.8 cm³/mol. The van der Waals surface area contributed by atoms with Crippen molar-refractivity contribution in [2.24, 2.45) is 5.92 Å². The molecule has 3 heteroatoms. The van der Waals surface area contributed by atoms with Crippen LogP contribution in [0.4, 0.5) is 5.69 Å². The van der Waals surface area contributed by atoms with Gasteiger partial charge in [-0.1, -0.05) is 12.1 Å². The van der Waals surface area contributed by atoms with Crippen molar-refractivity contribution in [1.82, 2.24) is 5.32 Å². The summed E-state index contributed by atoms with van der Waals surface area (Å²) < 4.78 is 0. The molecule has 1 fully saturated rings. The van der Waals surface area contributed by atoms with Crippen molar-refractivity contribution >= 4 is 17.4 Å². The van der Waals surface area contributed by atoms with Crippen molar-refractivity contribution in [3.8, 4) is 0 Å². The molecule has 2 rings (SSSR count). The van der Waals surface area contributed by atoms with Gasteiger partial charge in [-0.15, -0.1) is 11.8 Å². The second-order valence-corrected chi connectivity index (χ2v) is 5.52. The minimum absolute atomic E-state index is 0.867. The van der Waals surface area contributed by atoms with Gasteiger partial charge in [-0.3, -0.25) is 0 Å². The Labute approximate surface area is 102 Å². The van der Waals surface area contributed by atoms with Crippen LogP contribution in [0.15, 0.2) is 29.2 Å². The maximum atomic E-state index is 5.91. The third-order valence-electron chi connectivity index (χ3n) is 3.10. The number of nitrogens with two attached hydrogens (primary N) is 1. The van der Waals surface area contributed by atoms with E-state index in [2.05, 4.69) is 17.4 Å². The highest BCUT2D eigenvalue weighted by Crippen LogP contribution is 2.27. The summed E-state index contributed by atoms with van der Waals surface area (Å²) >= 11 is 1.89. The summed E-state index contributed by atoms with van der Waals surface area (Å²) in [6.07, 6.45) is 4.02. The van der Waals surface area contributed by atoms with Crippen LogP contribution in [0.2, 0.25) is 0 Å². The van der Waals surface area contributed by atoms with Gasteiger partial charge in [0.15, 0.2) is 0 Å². The number of rotatable bonds is 4. The van der Waals surface area contributed by atoms with Gasteiger partial charge in [0.2, 0.25) is 0 Å². The number of nitrogens with one attached hydrogen (secondary N) is 1. The van der Waals surface area contributed by atoms with E-state index in [1.54, 1.807) is 0 Å². The molecule has 3 N–H and O–H groups in total. The third-order valence-corrected chi connectivity index (χ3v) is 4.22. The Balaban J connectivity index is 1.73. The summed E-state index contributed by atoms with van der Waals surface area (Å²) in [6.45, 7) is 2.40. The van der Waals surface area contributed by atoms with Crippen LogP contribution >= 0.6 is 11.8 Å². The van der Waals surface area contributed by atoms with Crippen LogP contribution in [-0.2, 0) is 0 Å². The molecule has 1 atom stereocenters. The second-order valence-electron chi connectivity index (χ2n) is 4.39. The van der Waals surface area contributed by atoms with Crippen molar-refractivity contribution in [2.45, 2.75) is 24.2 Å². The summed E-state index contributed by atoms with van der Waals surface area (Å²) in [6, 6.07) is 8.13. The number of nitrogen functional groups attached to an aromatic ring is 1. The van der Waals surface area contributed by atoms with Crippen molar-refractivity contribution in [1.29, 1.82) is 0 Å². The lowest BCUT2D eigenvalue weighted by Crippen LogP contribution is -2.29. The van der Waals surface area contributed by atoms with Gasteiger partial charge < -0.3 is 11.1 Å². The minimum Gasteiger partial charge on any atom is -0.398 e. The molecule has 1 saturated heterocycles. The normalized spacial score (nSPS) is 20.9. The van der Waals surface area contributed by atoms with Gasteiger partial charge in [-0.05, 0) is 56.2 Å². The zero-order chi connectivity index (χ0) is 11.2. The van der Waals surface area contributed by atoms with Gasteiger partial charge in [-0.2, -0.15) is 0 Å². The van der Waals surface area contributed by atoms with Gasteiger partial charge in [0.1, 0.15) is 0 Å². The molecule has 1 aromatic rings. The van der Waals surface area contributed by atoms with Crippen molar-refractivity contribution in [3.63, 3.8) is 0 Å². The largest absolute Gasteiger partial charge is 0.398 e. The number of para-hydroxylation sites is 1. The van der Waals surface area contributed by atoms with E-state index in [4.69, 9.17) is 5.73 Å². The SMILES string of the molecule is Nc1ccccc1SCCC1CCCNC1. The third kappa shape index (κ3) is 3.42. The molecule has 16 heavy (non-hydrogen) atoms. The number of hydrogen-bond acceptors (Lipinski definition) is 3. The lowest BCUT2D eigenvalue weighted by molar-refractivity contribution is 0.371. The van der Waals surface area contributed by atoms with Crippen LogP contribution in [0.25, 0.3) is 0 Å². The quantitative estimate of drug-likeness (QED) is 0.623. The van der Waals surface area contributed by atoms with E-state index < -0.39 is 0 Å². The lowest BCUT2D eigenvalue weighted by Gasteiger charge is -2.22. The van der Waals surface area contributed by atoms with Crippen LogP contribution in [0, 0.1) is 5.92 Å². The van der Waals surface area contributed by atoms with Crippen molar-refractivity contribution in [3.05, 3.63) is 24.3 Å². The average Bonchev–Trinajstić information content (AvgIpc) is 2.33. The van der Waals surface area contributed by atoms with Crippen LogP contribution < -0.4 is 11.1 Å². The summed E-state index contributed by atoms with van der Waals surface area (Å²) in [4.78, 5) is 1.23. The molecule has 0 aliphatic carbocycles. The zero-order valence-corrected chi connectivity index (χ0v) is 10.4. The Bertz CT molecular complexity index is 321. The number of hydrogen-bond donors (Lipinski definition) is 2. The molecule has 2 nitrogen and oxygen atoms in total. The van der Waals surface area contributed by atoms with Crippen LogP contribution in [0.5, 0.6) is 0 Å². The number of benzene rings is 1. The standard InChI is InChI=1S/C13H20N2S/c14-12-5-1-2-6-13(12)16-9-7-11-4-3-8-15-10-11/h1-2,5-6,11,15H,3-4,7-10,14H2. The van der Waals surface area contributed by atoms with Crippen LogP contribution in [0.1, 0.15) is 19.3 Å². The summed E-state index contributed by atoms with van der Waals surface area (Å²) in [5.41, 5.74) is 6.82. The van der Waals surface area contributed by atoms with Crippen LogP contribution in [-0.4, -0.2) is 18.8 Å². The molecule has 1 aliphatic rings. The molecule has 1 heterocycles. The molecule has 0 bridgehead atoms. The molecular formula is C13H20N2S. The first-order valence-electron chi connectivity index (χ1n) is 6.04. The molecule has 0 spiro atoms. The smallest absolute Gasteiger partial charge is 0.0452 e. The van der Waals surface area contributed by atoms with E-state index in [0.717, 1.165) is 11.6 Å². The zero-order valence-electron chi connectivity index (χ0n) is 9.61. The molecule has 0 aromatic heterocycles. The maximum absolute atomic E-state index is 5.91. The van der Waals surface area contributed by atoms with E-state index in [1.807, 2.05) is 23.9 Å². The molecule has 0 amide bonds. The van der Waals surface area contributed by atoms with Crippen molar-refractivity contribution < 1.29 is 0 Å². The molecule has 0 radical (unpaired) electrons. The summed E-state index contributed by atoms with van der Waals surface area (Å²) in [5, 5.41) is 3.46. The van der Waals surface area contributed by atoms with Gasteiger partial charge in [0.05, 0.1) is 0 Å². The Morgan fingerprint density at radius 2 is 2.25 bits per heavy atom. The maximum Gasteiger partial charge on any atom is 0.0452 e. The first-order chi connectivity index (χ1) is 7.86. The second kappa shape index (κ2) is 6.16. The van der Waals surface area contributed by atoms with Gasteiger partial charge in [-0.25, -0.2) is 0 Å². The highest BCUT2D eigenvalue weighted by atomic mass is 32.2. The number of piperidine rings is 1. The van der Waals surface area contributed by atoms with Gasteiger partial charge >= 0.3 is 0 Å². The van der Waals surface area contributed by atoms with Crippen molar-refractivity contribution in [2.75, 3.05) is 24.6 Å². The highest BCUT2D eigenvalue weighted by Gasteiger charge is 2.12. The van der Waals surface area contributed by atoms with E-state index in [0.29, 0.717) is 0 Å². The monoisotopic (exact) mass is 236 g/mol. The molecular weight excluding hydrogens is 216 g/mol. The van der Waals surface area contributed by atoms with E-state index in [-0.39, 0.29) is 0 Å². The van der Waals surface area contributed by atoms with E-state index in [1.165, 1.54) is 43.0 Å². The van der Waals surface area contributed by atoms with E-state index >= 15 is 0 Å². The molecule has 1 aromatic carbocycles. The average molecular weight is 236 g/mol. The Hall–Kier alpha value is -0.670. The fourth-order valence-electron chi connectivity index (χ4n) is 2.12. The Morgan fingerprint density at radius 3 is 3.00 bits per heavy atom. The Morgan fingerprint density at radius 1 is 1.38 bits per heavy atom. The number of anilines is 1. The fraction of sp³-hybridized carbons (Fsp3) is 0.538.